The van der Waals surface area contributed by atoms with E-state index in [1.165, 1.54) is 16.8 Å². The van der Waals surface area contributed by atoms with E-state index in [4.69, 9.17) is 16.3 Å². The summed E-state index contributed by atoms with van der Waals surface area (Å²) in [6, 6.07) is 14.5. The Labute approximate surface area is 172 Å². The number of benzene rings is 2. The summed E-state index contributed by atoms with van der Waals surface area (Å²) < 4.78 is 19.5. The lowest BCUT2D eigenvalue weighted by molar-refractivity contribution is -0.124. The highest BCUT2D eigenvalue weighted by Crippen LogP contribution is 2.24. The number of halogens is 2. The van der Waals surface area contributed by atoms with Crippen LogP contribution in [0.1, 0.15) is 34.6 Å². The molecule has 3 aromatic rings. The van der Waals surface area contributed by atoms with E-state index in [0.717, 1.165) is 5.56 Å². The first-order valence-corrected chi connectivity index (χ1v) is 9.27. The second-order valence-electron chi connectivity index (χ2n) is 6.42. The molecule has 0 radical (unpaired) electrons. The zero-order chi connectivity index (χ0) is 21.0. The van der Waals surface area contributed by atoms with Crippen LogP contribution in [-0.2, 0) is 9.53 Å². The van der Waals surface area contributed by atoms with Crippen molar-refractivity contribution in [2.24, 2.45) is 0 Å². The molecule has 0 saturated carbocycles. The Balaban J connectivity index is 1.63. The van der Waals surface area contributed by atoms with Crippen LogP contribution >= 0.6 is 11.6 Å². The number of carbonyl (C=O) groups excluding carboxylic acids is 2. The Kier molecular flexibility index (Phi) is 6.29. The average Bonchev–Trinajstić information content (AvgIpc) is 3.01. The molecule has 6 nitrogen and oxygen atoms in total. The van der Waals surface area contributed by atoms with Gasteiger partial charge in [-0.1, -0.05) is 41.9 Å². The van der Waals surface area contributed by atoms with Crippen molar-refractivity contribution in [2.75, 3.05) is 6.61 Å². The van der Waals surface area contributed by atoms with Crippen LogP contribution in [-0.4, -0.2) is 28.3 Å². The minimum absolute atomic E-state index is 0.106. The van der Waals surface area contributed by atoms with Gasteiger partial charge in [0.25, 0.3) is 5.91 Å². The van der Waals surface area contributed by atoms with E-state index in [-0.39, 0.29) is 22.6 Å². The zero-order valence-electron chi connectivity index (χ0n) is 15.9. The second-order valence-corrected chi connectivity index (χ2v) is 6.77. The summed E-state index contributed by atoms with van der Waals surface area (Å²) in [5.74, 6) is -1.58. The lowest BCUT2D eigenvalue weighted by atomic mass is 10.1. The third-order valence-corrected chi connectivity index (χ3v) is 4.64. The van der Waals surface area contributed by atoms with Crippen LogP contribution in [0.3, 0.4) is 0 Å². The van der Waals surface area contributed by atoms with Gasteiger partial charge in [-0.25, -0.2) is 13.9 Å². The zero-order valence-corrected chi connectivity index (χ0v) is 16.6. The van der Waals surface area contributed by atoms with E-state index < -0.39 is 18.5 Å². The van der Waals surface area contributed by atoms with Gasteiger partial charge in [-0.05, 0) is 43.7 Å². The van der Waals surface area contributed by atoms with Crippen LogP contribution in [0.4, 0.5) is 4.39 Å². The first-order valence-electron chi connectivity index (χ1n) is 8.89. The third-order valence-electron chi connectivity index (χ3n) is 4.29. The smallest absolute Gasteiger partial charge is 0.343 e. The molecule has 1 N–H and O–H groups in total. The number of nitrogens with zero attached hydrogens (tertiary/aromatic N) is 2. The van der Waals surface area contributed by atoms with Gasteiger partial charge in [0.1, 0.15) is 16.5 Å². The Hall–Kier alpha value is -3.19. The number of ether oxygens (including phenoxy) is 1. The van der Waals surface area contributed by atoms with E-state index in [0.29, 0.717) is 11.4 Å². The molecule has 2 aromatic carbocycles. The van der Waals surface area contributed by atoms with E-state index >= 15 is 0 Å². The first-order chi connectivity index (χ1) is 13.9. The molecule has 29 heavy (non-hydrogen) atoms. The molecule has 1 heterocycles. The molecule has 0 aliphatic carbocycles. The summed E-state index contributed by atoms with van der Waals surface area (Å²) in [5, 5.41) is 7.08. The number of nitrogens with one attached hydrogen (secondary N) is 1. The summed E-state index contributed by atoms with van der Waals surface area (Å²) in [4.78, 5) is 24.6. The number of para-hydroxylation sites is 1. The van der Waals surface area contributed by atoms with E-state index in [1.54, 1.807) is 38.1 Å². The third kappa shape index (κ3) is 4.81. The molecule has 1 atom stereocenters. The highest BCUT2D eigenvalue weighted by atomic mass is 35.5. The highest BCUT2D eigenvalue weighted by Gasteiger charge is 2.23. The molecule has 0 unspecified atom stereocenters. The maximum atomic E-state index is 13.0. The SMILES string of the molecule is Cc1nn(-c2ccccc2)c(Cl)c1C(=O)OCC(=O)N[C@@H](C)c1ccc(F)cc1. The topological polar surface area (TPSA) is 73.2 Å². The number of rotatable bonds is 6. The van der Waals surface area contributed by atoms with Gasteiger partial charge >= 0.3 is 5.97 Å². The van der Waals surface area contributed by atoms with Crippen molar-refractivity contribution in [1.29, 1.82) is 0 Å². The van der Waals surface area contributed by atoms with Gasteiger partial charge in [-0.3, -0.25) is 4.79 Å². The number of hydrogen-bond donors (Lipinski definition) is 1. The predicted molar refractivity (Wildman–Crippen MR) is 107 cm³/mol. The maximum Gasteiger partial charge on any atom is 0.343 e. The summed E-state index contributed by atoms with van der Waals surface area (Å²) in [5.41, 5.74) is 1.93. The number of aromatic nitrogens is 2. The number of aryl methyl sites for hydroxylation is 1. The van der Waals surface area contributed by atoms with Gasteiger partial charge in [0.2, 0.25) is 0 Å². The van der Waals surface area contributed by atoms with Gasteiger partial charge in [0, 0.05) is 0 Å². The van der Waals surface area contributed by atoms with Gasteiger partial charge in [0.05, 0.1) is 17.4 Å². The molecule has 0 saturated heterocycles. The highest BCUT2D eigenvalue weighted by molar-refractivity contribution is 6.33. The number of hydrogen-bond acceptors (Lipinski definition) is 4. The largest absolute Gasteiger partial charge is 0.452 e. The lowest BCUT2D eigenvalue weighted by Gasteiger charge is -2.14. The number of amides is 1. The minimum atomic E-state index is -0.737. The predicted octanol–water partition coefficient (Wildman–Crippen LogP) is 4.01. The molecule has 1 aromatic heterocycles. The fourth-order valence-corrected chi connectivity index (χ4v) is 3.14. The fourth-order valence-electron chi connectivity index (χ4n) is 2.79. The molecule has 1 amide bonds. The molecule has 8 heteroatoms. The normalized spacial score (nSPS) is 11.7. The van der Waals surface area contributed by atoms with Crippen molar-refractivity contribution < 1.29 is 18.7 Å². The van der Waals surface area contributed by atoms with Crippen LogP contribution in [0.15, 0.2) is 54.6 Å². The van der Waals surface area contributed by atoms with E-state index in [9.17, 15) is 14.0 Å². The van der Waals surface area contributed by atoms with Crippen LogP contribution in [0, 0.1) is 12.7 Å². The van der Waals surface area contributed by atoms with Gasteiger partial charge in [-0.2, -0.15) is 5.10 Å². The molecular formula is C21H19ClFN3O3. The maximum absolute atomic E-state index is 13.0. The Morgan fingerprint density at radius 1 is 1.17 bits per heavy atom. The number of esters is 1. The van der Waals surface area contributed by atoms with Crippen molar-refractivity contribution in [3.8, 4) is 5.69 Å². The van der Waals surface area contributed by atoms with E-state index in [2.05, 4.69) is 10.4 Å². The van der Waals surface area contributed by atoms with Crippen molar-refractivity contribution in [2.45, 2.75) is 19.9 Å². The second kappa shape index (κ2) is 8.87. The summed E-state index contributed by atoms with van der Waals surface area (Å²) in [7, 11) is 0. The summed E-state index contributed by atoms with van der Waals surface area (Å²) in [6.07, 6.45) is 0. The van der Waals surface area contributed by atoms with Crippen molar-refractivity contribution in [3.05, 3.63) is 82.4 Å². The van der Waals surface area contributed by atoms with Gasteiger partial charge in [-0.15, -0.1) is 0 Å². The Morgan fingerprint density at radius 2 is 1.83 bits per heavy atom. The van der Waals surface area contributed by atoms with Crippen LogP contribution in [0.25, 0.3) is 5.69 Å². The summed E-state index contributed by atoms with van der Waals surface area (Å²) in [6.45, 7) is 2.91. The van der Waals surface area contributed by atoms with Gasteiger partial charge < -0.3 is 10.1 Å². The van der Waals surface area contributed by atoms with Crippen LogP contribution in [0.2, 0.25) is 5.15 Å². The fraction of sp³-hybridized carbons (Fsp3) is 0.190. The molecule has 0 aliphatic rings. The van der Waals surface area contributed by atoms with E-state index in [1.807, 2.05) is 18.2 Å². The van der Waals surface area contributed by atoms with Crippen molar-refractivity contribution >= 4 is 23.5 Å². The molecule has 0 aliphatic heterocycles. The number of carbonyl (C=O) groups is 2. The van der Waals surface area contributed by atoms with Crippen molar-refractivity contribution in [1.82, 2.24) is 15.1 Å². The first kappa shape index (κ1) is 20.5. The molecular weight excluding hydrogens is 397 g/mol. The van der Waals surface area contributed by atoms with Crippen LogP contribution in [0.5, 0.6) is 0 Å². The Bertz CT molecular complexity index is 1020. The molecule has 0 bridgehead atoms. The quantitative estimate of drug-likeness (QED) is 0.617. The molecule has 0 fully saturated rings. The van der Waals surface area contributed by atoms with Crippen molar-refractivity contribution in [3.63, 3.8) is 0 Å². The lowest BCUT2D eigenvalue weighted by Crippen LogP contribution is -2.31. The monoisotopic (exact) mass is 415 g/mol. The molecule has 3 rings (SSSR count). The minimum Gasteiger partial charge on any atom is -0.452 e. The molecule has 0 spiro atoms. The standard InChI is InChI=1S/C21H19ClFN3O3/c1-13(15-8-10-16(23)11-9-15)24-18(27)12-29-21(28)19-14(2)25-26(20(19)22)17-6-4-3-5-7-17/h3-11,13H,12H2,1-2H3,(H,24,27)/t13-/m0/s1. The Morgan fingerprint density at radius 3 is 2.48 bits per heavy atom. The summed E-state index contributed by atoms with van der Waals surface area (Å²) >= 11 is 6.32. The van der Waals surface area contributed by atoms with Crippen LogP contribution < -0.4 is 5.32 Å². The average molecular weight is 416 g/mol. The van der Waals surface area contributed by atoms with Gasteiger partial charge in [0.15, 0.2) is 6.61 Å². The molecule has 150 valence electrons.